The van der Waals surface area contributed by atoms with Gasteiger partial charge in [-0.2, -0.15) is 0 Å². The number of halogens is 1. The molecule has 0 fully saturated rings. The maximum atomic E-state index is 13.5. The van der Waals surface area contributed by atoms with Gasteiger partial charge in [-0.1, -0.05) is 12.1 Å². The van der Waals surface area contributed by atoms with Crippen molar-refractivity contribution in [3.05, 3.63) is 54.0 Å². The summed E-state index contributed by atoms with van der Waals surface area (Å²) >= 11 is 0. The van der Waals surface area contributed by atoms with Gasteiger partial charge in [-0.05, 0) is 24.3 Å². The quantitative estimate of drug-likeness (QED) is 0.841. The predicted octanol–water partition coefficient (Wildman–Crippen LogP) is 2.59. The van der Waals surface area contributed by atoms with Crippen LogP contribution in [0.3, 0.4) is 0 Å². The Kier molecular flexibility index (Phi) is 2.64. The topological polar surface area (TPSA) is 50.2 Å². The minimum Gasteiger partial charge on any atom is -0.478 e. The number of pyridine rings is 1. The van der Waals surface area contributed by atoms with E-state index in [0.717, 1.165) is 0 Å². The number of aromatic carboxylic acids is 1. The minimum atomic E-state index is -1.12. The summed E-state index contributed by atoms with van der Waals surface area (Å²) in [5.74, 6) is -1.60. The summed E-state index contributed by atoms with van der Waals surface area (Å²) in [4.78, 5) is 14.9. The molecule has 0 bridgehead atoms. The molecule has 1 aromatic carbocycles. The monoisotopic (exact) mass is 217 g/mol. The smallest absolute Gasteiger partial charge is 0.337 e. The number of hydrogen-bond acceptors (Lipinski definition) is 2. The molecule has 80 valence electrons. The van der Waals surface area contributed by atoms with Crippen LogP contribution < -0.4 is 0 Å². The number of nitrogens with zero attached hydrogens (tertiary/aromatic N) is 1. The van der Waals surface area contributed by atoms with Crippen LogP contribution in [0.1, 0.15) is 10.4 Å². The molecule has 2 rings (SSSR count). The van der Waals surface area contributed by atoms with Crippen molar-refractivity contribution in [2.75, 3.05) is 0 Å². The van der Waals surface area contributed by atoms with Gasteiger partial charge in [-0.15, -0.1) is 0 Å². The van der Waals surface area contributed by atoms with Gasteiger partial charge >= 0.3 is 5.97 Å². The lowest BCUT2D eigenvalue weighted by Gasteiger charge is -2.05. The van der Waals surface area contributed by atoms with Crippen LogP contribution in [0.25, 0.3) is 11.3 Å². The summed E-state index contributed by atoms with van der Waals surface area (Å²) in [5, 5.41) is 8.96. The molecule has 4 heteroatoms. The van der Waals surface area contributed by atoms with Gasteiger partial charge in [0, 0.05) is 11.8 Å². The van der Waals surface area contributed by atoms with Crippen LogP contribution in [0.2, 0.25) is 0 Å². The van der Waals surface area contributed by atoms with Gasteiger partial charge in [0.2, 0.25) is 0 Å². The highest BCUT2D eigenvalue weighted by Crippen LogP contribution is 2.23. The zero-order chi connectivity index (χ0) is 11.5. The Hall–Kier alpha value is -2.23. The molecule has 0 aliphatic carbocycles. The third-order valence-corrected chi connectivity index (χ3v) is 2.17. The summed E-state index contributed by atoms with van der Waals surface area (Å²) in [6, 6.07) is 8.87. The summed E-state index contributed by atoms with van der Waals surface area (Å²) in [6.45, 7) is 0. The number of benzene rings is 1. The van der Waals surface area contributed by atoms with E-state index in [0.29, 0.717) is 0 Å². The van der Waals surface area contributed by atoms with Crippen LogP contribution in [0.5, 0.6) is 0 Å². The normalized spacial score (nSPS) is 10.1. The lowest BCUT2D eigenvalue weighted by molar-refractivity contribution is 0.0697. The molecule has 16 heavy (non-hydrogen) atoms. The molecule has 1 heterocycles. The van der Waals surface area contributed by atoms with Gasteiger partial charge in [0.15, 0.2) is 0 Å². The predicted molar refractivity (Wildman–Crippen MR) is 56.6 cm³/mol. The fraction of sp³-hybridized carbons (Fsp3) is 0. The Morgan fingerprint density at radius 2 is 1.94 bits per heavy atom. The molecule has 3 nitrogen and oxygen atoms in total. The van der Waals surface area contributed by atoms with E-state index in [1.165, 1.54) is 30.5 Å². The van der Waals surface area contributed by atoms with Crippen molar-refractivity contribution in [2.24, 2.45) is 0 Å². The second-order valence-electron chi connectivity index (χ2n) is 3.18. The highest BCUT2D eigenvalue weighted by atomic mass is 19.1. The van der Waals surface area contributed by atoms with E-state index in [-0.39, 0.29) is 16.8 Å². The molecule has 0 saturated carbocycles. The van der Waals surface area contributed by atoms with Crippen molar-refractivity contribution in [2.45, 2.75) is 0 Å². The molecule has 0 atom stereocenters. The Labute approximate surface area is 91.2 Å². The first-order chi connectivity index (χ1) is 7.70. The summed E-state index contributed by atoms with van der Waals surface area (Å²) in [6.07, 6.45) is 1.44. The standard InChI is InChI=1S/C12H8FNO2/c13-10-6-2-1-4-8(10)11-9(12(15)16)5-3-7-14-11/h1-7H,(H,15,16). The third-order valence-electron chi connectivity index (χ3n) is 2.17. The molecule has 0 spiro atoms. The second kappa shape index (κ2) is 4.10. The molecule has 1 N–H and O–H groups in total. The number of carboxylic acid groups (broad SMARTS) is 1. The van der Waals surface area contributed by atoms with Crippen molar-refractivity contribution in [3.8, 4) is 11.3 Å². The van der Waals surface area contributed by atoms with Crippen LogP contribution in [-0.2, 0) is 0 Å². The van der Waals surface area contributed by atoms with Gasteiger partial charge in [0.1, 0.15) is 5.82 Å². The van der Waals surface area contributed by atoms with Crippen LogP contribution in [0.4, 0.5) is 4.39 Å². The highest BCUT2D eigenvalue weighted by molar-refractivity contribution is 5.94. The van der Waals surface area contributed by atoms with E-state index in [1.807, 2.05) is 0 Å². The van der Waals surface area contributed by atoms with E-state index in [2.05, 4.69) is 4.98 Å². The SMILES string of the molecule is O=C(O)c1cccnc1-c1ccccc1F. The second-order valence-corrected chi connectivity index (χ2v) is 3.18. The van der Waals surface area contributed by atoms with Crippen LogP contribution in [0.15, 0.2) is 42.6 Å². The first-order valence-corrected chi connectivity index (χ1v) is 4.63. The van der Waals surface area contributed by atoms with Gasteiger partial charge in [-0.3, -0.25) is 4.98 Å². The van der Waals surface area contributed by atoms with Gasteiger partial charge in [-0.25, -0.2) is 9.18 Å². The molecule has 0 amide bonds. The maximum absolute atomic E-state index is 13.5. The number of aromatic nitrogens is 1. The zero-order valence-electron chi connectivity index (χ0n) is 8.22. The van der Waals surface area contributed by atoms with Crippen LogP contribution >= 0.6 is 0 Å². The molecule has 0 aliphatic rings. The first kappa shape index (κ1) is 10.3. The summed E-state index contributed by atoms with van der Waals surface area (Å²) < 4.78 is 13.5. The Bertz CT molecular complexity index is 540. The molecule has 0 aliphatic heterocycles. The Balaban J connectivity index is 2.65. The average Bonchev–Trinajstić information content (AvgIpc) is 2.29. The Morgan fingerprint density at radius 1 is 1.19 bits per heavy atom. The van der Waals surface area contributed by atoms with E-state index in [1.54, 1.807) is 12.1 Å². The Morgan fingerprint density at radius 3 is 2.62 bits per heavy atom. The van der Waals surface area contributed by atoms with Gasteiger partial charge in [0.05, 0.1) is 11.3 Å². The third kappa shape index (κ3) is 1.77. The van der Waals surface area contributed by atoms with Crippen molar-refractivity contribution in [1.82, 2.24) is 4.98 Å². The maximum Gasteiger partial charge on any atom is 0.337 e. The lowest BCUT2D eigenvalue weighted by atomic mass is 10.1. The molecule has 0 saturated heterocycles. The lowest BCUT2D eigenvalue weighted by Crippen LogP contribution is -2.01. The minimum absolute atomic E-state index is 0.00685. The van der Waals surface area contributed by atoms with E-state index in [4.69, 9.17) is 5.11 Å². The van der Waals surface area contributed by atoms with Crippen molar-refractivity contribution < 1.29 is 14.3 Å². The fourth-order valence-electron chi connectivity index (χ4n) is 1.45. The van der Waals surface area contributed by atoms with E-state index >= 15 is 0 Å². The number of hydrogen-bond donors (Lipinski definition) is 1. The number of rotatable bonds is 2. The fourth-order valence-corrected chi connectivity index (χ4v) is 1.45. The molecule has 2 aromatic rings. The molecule has 0 radical (unpaired) electrons. The highest BCUT2D eigenvalue weighted by Gasteiger charge is 2.14. The number of carboxylic acids is 1. The molecule has 1 aromatic heterocycles. The van der Waals surface area contributed by atoms with Crippen LogP contribution in [-0.4, -0.2) is 16.1 Å². The van der Waals surface area contributed by atoms with Crippen molar-refractivity contribution in [3.63, 3.8) is 0 Å². The van der Waals surface area contributed by atoms with E-state index in [9.17, 15) is 9.18 Å². The van der Waals surface area contributed by atoms with Crippen LogP contribution in [0, 0.1) is 5.82 Å². The van der Waals surface area contributed by atoms with Gasteiger partial charge in [0.25, 0.3) is 0 Å². The van der Waals surface area contributed by atoms with E-state index < -0.39 is 11.8 Å². The molecular formula is C12H8FNO2. The van der Waals surface area contributed by atoms with Crippen molar-refractivity contribution >= 4 is 5.97 Å². The number of carbonyl (C=O) groups is 1. The average molecular weight is 217 g/mol. The summed E-state index contributed by atoms with van der Waals surface area (Å²) in [5.41, 5.74) is 0.334. The van der Waals surface area contributed by atoms with Crippen molar-refractivity contribution in [1.29, 1.82) is 0 Å². The van der Waals surface area contributed by atoms with Gasteiger partial charge < -0.3 is 5.11 Å². The molecular weight excluding hydrogens is 209 g/mol. The zero-order valence-corrected chi connectivity index (χ0v) is 8.22. The first-order valence-electron chi connectivity index (χ1n) is 4.63. The summed E-state index contributed by atoms with van der Waals surface area (Å²) in [7, 11) is 0. The largest absolute Gasteiger partial charge is 0.478 e. The molecule has 0 unspecified atom stereocenters.